The molecule has 86 heavy (non-hydrogen) atoms. The van der Waals surface area contributed by atoms with Crippen molar-refractivity contribution in [1.82, 2.24) is 0 Å². The van der Waals surface area contributed by atoms with Gasteiger partial charge in [0, 0.05) is 12.8 Å². The minimum Gasteiger partial charge on any atom is -0.462 e. The van der Waals surface area contributed by atoms with E-state index in [4.69, 9.17) is 9.47 Å². The molecule has 1 N–H and O–H groups in total. The van der Waals surface area contributed by atoms with Crippen LogP contribution in [0.5, 0.6) is 0 Å². The highest BCUT2D eigenvalue weighted by molar-refractivity contribution is 5.70. The van der Waals surface area contributed by atoms with Gasteiger partial charge in [0.05, 0.1) is 6.61 Å². The zero-order valence-electron chi connectivity index (χ0n) is 55.8. The second-order valence-corrected chi connectivity index (χ2v) is 23.2. The minimum absolute atomic E-state index is 0.0727. The number of aliphatic hydroxyl groups is 1. The fourth-order valence-corrected chi connectivity index (χ4v) is 9.75. The first-order valence-corrected chi connectivity index (χ1v) is 35.7. The molecule has 1 atom stereocenters. The van der Waals surface area contributed by atoms with E-state index >= 15 is 0 Å². The van der Waals surface area contributed by atoms with Gasteiger partial charge in [0.2, 0.25) is 0 Å². The molecule has 0 aromatic heterocycles. The quantitative estimate of drug-likeness (QED) is 0.0373. The van der Waals surface area contributed by atoms with Crippen LogP contribution in [0.25, 0.3) is 0 Å². The van der Waals surface area contributed by atoms with Crippen LogP contribution in [-0.2, 0) is 19.1 Å². The van der Waals surface area contributed by atoms with Gasteiger partial charge in [0.25, 0.3) is 0 Å². The third-order valence-electron chi connectivity index (χ3n) is 15.0. The average molecular weight is 1190 g/mol. The molecule has 0 aromatic carbocycles. The number of allylic oxidation sites excluding steroid dienone is 28. The maximum Gasteiger partial charge on any atom is 0.306 e. The normalized spacial score (nSPS) is 13.3. The Hall–Kier alpha value is -4.74. The second-order valence-electron chi connectivity index (χ2n) is 23.2. The summed E-state index contributed by atoms with van der Waals surface area (Å²) in [6.45, 7) is 3.92. The highest BCUT2D eigenvalue weighted by atomic mass is 16.6. The van der Waals surface area contributed by atoms with E-state index in [0.29, 0.717) is 12.8 Å². The molecule has 1 unspecified atom stereocenters. The summed E-state index contributed by atoms with van der Waals surface area (Å²) < 4.78 is 10.8. The fraction of sp³-hybridized carbons (Fsp3) is 0.630. The van der Waals surface area contributed by atoms with Crippen molar-refractivity contribution in [3.8, 4) is 0 Å². The molecule has 486 valence electrons. The lowest BCUT2D eigenvalue weighted by Gasteiger charge is -2.15. The SMILES string of the molecule is CC/C=C\C/C=C\C/C=C\C/C=C\C/C=C\C/C=C\C/C=C\C/C=C\CCCCCCCCCCCCCCCCC(=O)OC(CO)COC(=O)CCCCCCCCCCCCCCCC/C=C\C/C=C\C/C=C\C/C=C\C/C=C\C/C=C\CC. The molecule has 0 fully saturated rings. The smallest absolute Gasteiger partial charge is 0.306 e. The summed E-state index contributed by atoms with van der Waals surface area (Å²) in [4.78, 5) is 24.7. The summed E-state index contributed by atoms with van der Waals surface area (Å²) in [6, 6.07) is 0. The summed E-state index contributed by atoms with van der Waals surface area (Å²) in [7, 11) is 0. The van der Waals surface area contributed by atoms with E-state index in [-0.39, 0.29) is 25.2 Å². The predicted octanol–water partition coefficient (Wildman–Crippen LogP) is 25.2. The molecule has 0 aromatic rings. The van der Waals surface area contributed by atoms with E-state index in [0.717, 1.165) is 128 Å². The van der Waals surface area contributed by atoms with Crippen LogP contribution in [0.1, 0.15) is 309 Å². The Kier molecular flexibility index (Phi) is 70.4. The van der Waals surface area contributed by atoms with Crippen molar-refractivity contribution >= 4 is 11.9 Å². The van der Waals surface area contributed by atoms with Crippen LogP contribution < -0.4 is 0 Å². The van der Waals surface area contributed by atoms with Crippen molar-refractivity contribution in [3.63, 3.8) is 0 Å². The summed E-state index contributed by atoms with van der Waals surface area (Å²) in [5.41, 5.74) is 0. The Labute approximate surface area is 532 Å². The number of aliphatic hydroxyl groups excluding tert-OH is 1. The Bertz CT molecular complexity index is 1870. The van der Waals surface area contributed by atoms with E-state index < -0.39 is 6.10 Å². The largest absolute Gasteiger partial charge is 0.462 e. The molecule has 0 aliphatic heterocycles. The summed E-state index contributed by atoms with van der Waals surface area (Å²) in [5, 5.41) is 9.71. The molecular weight excluding hydrogens is 1050 g/mol. The first-order chi connectivity index (χ1) is 42.6. The molecule has 0 heterocycles. The zero-order chi connectivity index (χ0) is 61.9. The number of carbonyl (C=O) groups excluding carboxylic acids is 2. The zero-order valence-corrected chi connectivity index (χ0v) is 55.8. The maximum atomic E-state index is 12.4. The lowest BCUT2D eigenvalue weighted by molar-refractivity contribution is -0.161. The van der Waals surface area contributed by atoms with Crippen LogP contribution in [0.15, 0.2) is 170 Å². The third kappa shape index (κ3) is 71.7. The number of carbonyl (C=O) groups is 2. The molecule has 0 bridgehead atoms. The molecule has 0 amide bonds. The van der Waals surface area contributed by atoms with Crippen molar-refractivity contribution < 1.29 is 24.2 Å². The Balaban J connectivity index is 3.51. The number of hydrogen-bond donors (Lipinski definition) is 1. The Morgan fingerprint density at radius 3 is 0.698 bits per heavy atom. The van der Waals surface area contributed by atoms with Gasteiger partial charge in [-0.05, 0) is 128 Å². The van der Waals surface area contributed by atoms with Gasteiger partial charge >= 0.3 is 11.9 Å². The number of hydrogen-bond acceptors (Lipinski definition) is 5. The number of esters is 2. The van der Waals surface area contributed by atoms with Gasteiger partial charge in [0.15, 0.2) is 6.10 Å². The van der Waals surface area contributed by atoms with E-state index in [9.17, 15) is 14.7 Å². The van der Waals surface area contributed by atoms with E-state index in [1.165, 1.54) is 154 Å². The predicted molar refractivity (Wildman–Crippen MR) is 380 cm³/mol. The van der Waals surface area contributed by atoms with Crippen LogP contribution in [0.2, 0.25) is 0 Å². The summed E-state index contributed by atoms with van der Waals surface area (Å²) in [5.74, 6) is -0.591. The van der Waals surface area contributed by atoms with Gasteiger partial charge in [-0.3, -0.25) is 9.59 Å². The van der Waals surface area contributed by atoms with Gasteiger partial charge in [-0.1, -0.05) is 338 Å². The van der Waals surface area contributed by atoms with Crippen molar-refractivity contribution in [3.05, 3.63) is 170 Å². The van der Waals surface area contributed by atoms with E-state index in [1.807, 2.05) is 0 Å². The maximum absolute atomic E-state index is 12.4. The highest BCUT2D eigenvalue weighted by Gasteiger charge is 2.16. The first kappa shape index (κ1) is 81.3. The van der Waals surface area contributed by atoms with Gasteiger partial charge in [-0.25, -0.2) is 0 Å². The van der Waals surface area contributed by atoms with Crippen LogP contribution in [0, 0.1) is 0 Å². The highest BCUT2D eigenvalue weighted by Crippen LogP contribution is 2.17. The molecule has 0 spiro atoms. The lowest BCUT2D eigenvalue weighted by Crippen LogP contribution is -2.28. The molecule has 0 rings (SSSR count). The summed E-state index contributed by atoms with van der Waals surface area (Å²) >= 11 is 0. The first-order valence-electron chi connectivity index (χ1n) is 35.7. The molecular formula is C81H132O5. The van der Waals surface area contributed by atoms with Crippen LogP contribution >= 0.6 is 0 Å². The Morgan fingerprint density at radius 2 is 0.465 bits per heavy atom. The molecule has 0 aliphatic rings. The van der Waals surface area contributed by atoms with Crippen molar-refractivity contribution in [1.29, 1.82) is 0 Å². The van der Waals surface area contributed by atoms with E-state index in [2.05, 4.69) is 184 Å². The minimum atomic E-state index is -0.784. The monoisotopic (exact) mass is 1190 g/mol. The van der Waals surface area contributed by atoms with Gasteiger partial charge in [-0.15, -0.1) is 0 Å². The van der Waals surface area contributed by atoms with Crippen molar-refractivity contribution in [2.45, 2.75) is 315 Å². The molecule has 5 heteroatoms. The van der Waals surface area contributed by atoms with Gasteiger partial charge < -0.3 is 14.6 Å². The molecule has 0 radical (unpaired) electrons. The van der Waals surface area contributed by atoms with Crippen molar-refractivity contribution in [2.24, 2.45) is 0 Å². The van der Waals surface area contributed by atoms with Crippen LogP contribution in [-0.4, -0.2) is 36.4 Å². The molecule has 5 nitrogen and oxygen atoms in total. The number of ether oxygens (including phenoxy) is 2. The van der Waals surface area contributed by atoms with Gasteiger partial charge in [-0.2, -0.15) is 0 Å². The molecule has 0 aliphatic carbocycles. The Morgan fingerprint density at radius 1 is 0.267 bits per heavy atom. The summed E-state index contributed by atoms with van der Waals surface area (Å²) in [6.07, 6.45) is 115. The van der Waals surface area contributed by atoms with Crippen LogP contribution in [0.3, 0.4) is 0 Å². The standard InChI is InChI=1S/C81H132O5/c1-3-5-7-9-11-13-15-17-19-21-23-25-27-29-31-33-35-37-38-39-40-41-42-44-46-48-50-52-54-56-58-60-62-64-66-68-70-72-74-76-81(84)86-79(77-82)78-85-80(83)75-73-71-69-67-65-63-61-59-57-55-53-51-49-47-45-43-36-34-32-30-28-26-24-22-20-18-16-14-12-10-8-6-4-2/h5-8,11-14,17-20,23-26,29-32,35-37,39-40,42-44,79,82H,3-4,9-10,15-16,21-22,27-28,33-34,38,41,45-78H2,1-2H3/b7-5-,8-6-,13-11-,14-12-,19-17-,20-18-,25-23-,26-24-,31-29-,32-30-,37-35-,40-39-,43-36-,44-42-. The fourth-order valence-electron chi connectivity index (χ4n) is 9.75. The number of unbranched alkanes of at least 4 members (excludes halogenated alkanes) is 28. The molecule has 0 saturated carbocycles. The van der Waals surface area contributed by atoms with Crippen molar-refractivity contribution in [2.75, 3.05) is 13.2 Å². The molecule has 0 saturated heterocycles. The van der Waals surface area contributed by atoms with E-state index in [1.54, 1.807) is 0 Å². The number of rotatable bonds is 64. The second kappa shape index (κ2) is 74.5. The van der Waals surface area contributed by atoms with Gasteiger partial charge in [0.1, 0.15) is 6.61 Å². The third-order valence-corrected chi connectivity index (χ3v) is 15.0. The lowest BCUT2D eigenvalue weighted by atomic mass is 10.0. The van der Waals surface area contributed by atoms with Crippen LogP contribution in [0.4, 0.5) is 0 Å². The average Bonchev–Trinajstić information content (AvgIpc) is 3.55. The topological polar surface area (TPSA) is 72.8 Å².